The number of carbonyl (C=O) groups is 1. The SMILES string of the molecule is COC1(C)CCCN(C(=O)c2ccc(F)cc2C(F)(F)F)CC1. The molecule has 1 aliphatic heterocycles. The van der Waals surface area contributed by atoms with E-state index in [1.807, 2.05) is 6.92 Å². The van der Waals surface area contributed by atoms with Crippen LogP contribution in [0.15, 0.2) is 18.2 Å². The monoisotopic (exact) mass is 333 g/mol. The quantitative estimate of drug-likeness (QED) is 0.769. The molecule has 0 aromatic heterocycles. The van der Waals surface area contributed by atoms with Crippen molar-refractivity contribution in [1.82, 2.24) is 4.90 Å². The Kier molecular flexibility index (Phi) is 4.98. The Morgan fingerprint density at radius 2 is 1.96 bits per heavy atom. The number of ether oxygens (including phenoxy) is 1. The van der Waals surface area contributed by atoms with Gasteiger partial charge in [0.15, 0.2) is 0 Å². The van der Waals surface area contributed by atoms with Gasteiger partial charge in [0.05, 0.1) is 16.7 Å². The highest BCUT2D eigenvalue weighted by atomic mass is 19.4. The van der Waals surface area contributed by atoms with Crippen LogP contribution < -0.4 is 0 Å². The third-order valence-electron chi connectivity index (χ3n) is 4.34. The Morgan fingerprint density at radius 3 is 2.57 bits per heavy atom. The maximum Gasteiger partial charge on any atom is 0.417 e. The number of benzene rings is 1. The van der Waals surface area contributed by atoms with Crippen LogP contribution >= 0.6 is 0 Å². The summed E-state index contributed by atoms with van der Waals surface area (Å²) in [4.78, 5) is 13.9. The second-order valence-electron chi connectivity index (χ2n) is 5.99. The highest BCUT2D eigenvalue weighted by molar-refractivity contribution is 5.96. The molecule has 1 aromatic carbocycles. The van der Waals surface area contributed by atoms with Crippen molar-refractivity contribution in [2.75, 3.05) is 20.2 Å². The van der Waals surface area contributed by atoms with Gasteiger partial charge >= 0.3 is 6.18 Å². The molecule has 0 spiro atoms. The average Bonchev–Trinajstić information content (AvgIpc) is 2.68. The van der Waals surface area contributed by atoms with Crippen molar-refractivity contribution in [1.29, 1.82) is 0 Å². The van der Waals surface area contributed by atoms with Crippen molar-refractivity contribution in [3.8, 4) is 0 Å². The summed E-state index contributed by atoms with van der Waals surface area (Å²) in [6.45, 7) is 2.57. The minimum Gasteiger partial charge on any atom is -0.378 e. The zero-order valence-corrected chi connectivity index (χ0v) is 13.0. The summed E-state index contributed by atoms with van der Waals surface area (Å²) in [5, 5.41) is 0. The van der Waals surface area contributed by atoms with Gasteiger partial charge in [0.1, 0.15) is 5.82 Å². The number of nitrogens with zero attached hydrogens (tertiary/aromatic N) is 1. The molecule has 0 radical (unpaired) electrons. The number of halogens is 4. The van der Waals surface area contributed by atoms with Crippen molar-refractivity contribution in [2.45, 2.75) is 38.0 Å². The first kappa shape index (κ1) is 17.7. The van der Waals surface area contributed by atoms with Gasteiger partial charge in [0.25, 0.3) is 5.91 Å². The summed E-state index contributed by atoms with van der Waals surface area (Å²) in [6, 6.07) is 2.14. The maximum atomic E-state index is 13.2. The molecule has 128 valence electrons. The Morgan fingerprint density at radius 1 is 1.26 bits per heavy atom. The van der Waals surface area contributed by atoms with Gasteiger partial charge in [-0.25, -0.2) is 4.39 Å². The van der Waals surface area contributed by atoms with Crippen LogP contribution in [0.5, 0.6) is 0 Å². The van der Waals surface area contributed by atoms with Gasteiger partial charge < -0.3 is 9.64 Å². The van der Waals surface area contributed by atoms with Crippen LogP contribution in [0.4, 0.5) is 17.6 Å². The molecule has 7 heteroatoms. The molecule has 3 nitrogen and oxygen atoms in total. The summed E-state index contributed by atoms with van der Waals surface area (Å²) in [5.74, 6) is -1.74. The third-order valence-corrected chi connectivity index (χ3v) is 4.34. The number of hydrogen-bond acceptors (Lipinski definition) is 2. The molecule has 1 fully saturated rings. The van der Waals surface area contributed by atoms with Gasteiger partial charge in [-0.15, -0.1) is 0 Å². The van der Waals surface area contributed by atoms with E-state index >= 15 is 0 Å². The molecule has 0 aliphatic carbocycles. The normalized spacial score (nSPS) is 22.8. The molecule has 0 saturated carbocycles. The second kappa shape index (κ2) is 6.47. The number of amides is 1. The number of alkyl halides is 3. The zero-order chi connectivity index (χ0) is 17.3. The largest absolute Gasteiger partial charge is 0.417 e. The van der Waals surface area contributed by atoms with Crippen LogP contribution in [0.2, 0.25) is 0 Å². The second-order valence-corrected chi connectivity index (χ2v) is 5.99. The molecule has 1 aromatic rings. The smallest absolute Gasteiger partial charge is 0.378 e. The van der Waals surface area contributed by atoms with E-state index < -0.39 is 29.0 Å². The molecular formula is C16H19F4NO2. The molecule has 1 atom stereocenters. The summed E-state index contributed by atoms with van der Waals surface area (Å²) in [7, 11) is 1.58. The lowest BCUT2D eigenvalue weighted by atomic mass is 9.97. The van der Waals surface area contributed by atoms with E-state index in [4.69, 9.17) is 4.74 Å². The van der Waals surface area contributed by atoms with Gasteiger partial charge in [0, 0.05) is 20.2 Å². The van der Waals surface area contributed by atoms with Gasteiger partial charge in [-0.1, -0.05) is 0 Å². The van der Waals surface area contributed by atoms with Crippen molar-refractivity contribution >= 4 is 5.91 Å². The fourth-order valence-corrected chi connectivity index (χ4v) is 2.77. The van der Waals surface area contributed by atoms with Crippen molar-refractivity contribution in [2.24, 2.45) is 0 Å². The molecule has 0 bridgehead atoms. The average molecular weight is 333 g/mol. The topological polar surface area (TPSA) is 29.5 Å². The lowest BCUT2D eigenvalue weighted by molar-refractivity contribution is -0.138. The molecule has 23 heavy (non-hydrogen) atoms. The number of hydrogen-bond donors (Lipinski definition) is 0. The van der Waals surface area contributed by atoms with E-state index in [0.29, 0.717) is 32.0 Å². The van der Waals surface area contributed by atoms with Gasteiger partial charge in [-0.3, -0.25) is 4.79 Å². The highest BCUT2D eigenvalue weighted by Gasteiger charge is 2.37. The van der Waals surface area contributed by atoms with E-state index in [1.54, 1.807) is 7.11 Å². The van der Waals surface area contributed by atoms with E-state index in [0.717, 1.165) is 18.6 Å². The van der Waals surface area contributed by atoms with Crippen LogP contribution in [0.3, 0.4) is 0 Å². The number of rotatable bonds is 2. The molecular weight excluding hydrogens is 314 g/mol. The first-order chi connectivity index (χ1) is 10.7. The lowest BCUT2D eigenvalue weighted by Gasteiger charge is -2.27. The van der Waals surface area contributed by atoms with Crippen LogP contribution in [0, 0.1) is 5.82 Å². The van der Waals surface area contributed by atoms with Crippen LogP contribution in [0.25, 0.3) is 0 Å². The van der Waals surface area contributed by atoms with Crippen molar-refractivity contribution in [3.63, 3.8) is 0 Å². The first-order valence-electron chi connectivity index (χ1n) is 7.37. The first-order valence-corrected chi connectivity index (χ1v) is 7.37. The van der Waals surface area contributed by atoms with Crippen LogP contribution in [-0.2, 0) is 10.9 Å². The molecule has 1 unspecified atom stereocenters. The Balaban J connectivity index is 2.27. The molecule has 1 amide bonds. The van der Waals surface area contributed by atoms with E-state index in [9.17, 15) is 22.4 Å². The fourth-order valence-electron chi connectivity index (χ4n) is 2.77. The highest BCUT2D eigenvalue weighted by Crippen LogP contribution is 2.34. The van der Waals surface area contributed by atoms with E-state index in [-0.39, 0.29) is 5.60 Å². The molecule has 0 N–H and O–H groups in total. The van der Waals surface area contributed by atoms with E-state index in [1.165, 1.54) is 4.90 Å². The van der Waals surface area contributed by atoms with Crippen molar-refractivity contribution < 1.29 is 27.1 Å². The Hall–Kier alpha value is -1.63. The lowest BCUT2D eigenvalue weighted by Crippen LogP contribution is -2.35. The van der Waals surface area contributed by atoms with Gasteiger partial charge in [-0.05, 0) is 44.4 Å². The number of likely N-dealkylation sites (tertiary alicyclic amines) is 1. The van der Waals surface area contributed by atoms with Gasteiger partial charge in [-0.2, -0.15) is 13.2 Å². The van der Waals surface area contributed by atoms with Gasteiger partial charge in [0.2, 0.25) is 0 Å². The summed E-state index contributed by atoms with van der Waals surface area (Å²) >= 11 is 0. The van der Waals surface area contributed by atoms with E-state index in [2.05, 4.69) is 0 Å². The standard InChI is InChI=1S/C16H19F4NO2/c1-15(23-2)6-3-8-21(9-7-15)14(22)12-5-4-11(17)10-13(12)16(18,19)20/h4-5,10H,3,6-9H2,1-2H3. The summed E-state index contributed by atoms with van der Waals surface area (Å²) in [5.41, 5.74) is -2.13. The summed E-state index contributed by atoms with van der Waals surface area (Å²) < 4.78 is 57.7. The number of carbonyl (C=O) groups excluding carboxylic acids is 1. The zero-order valence-electron chi connectivity index (χ0n) is 13.0. The number of methoxy groups -OCH3 is 1. The predicted molar refractivity (Wildman–Crippen MR) is 76.6 cm³/mol. The minimum atomic E-state index is -4.78. The van der Waals surface area contributed by atoms with Crippen LogP contribution in [0.1, 0.15) is 42.1 Å². The third kappa shape index (κ3) is 4.02. The Labute approximate surface area is 132 Å². The molecule has 2 rings (SSSR count). The molecule has 1 saturated heterocycles. The minimum absolute atomic E-state index is 0.303. The fraction of sp³-hybridized carbons (Fsp3) is 0.562. The predicted octanol–water partition coefficient (Wildman–Crippen LogP) is 3.88. The Bertz CT molecular complexity index is 588. The van der Waals surface area contributed by atoms with Crippen LogP contribution in [-0.4, -0.2) is 36.6 Å². The molecule has 1 aliphatic rings. The summed E-state index contributed by atoms with van der Waals surface area (Å²) in [6.07, 6.45) is -2.88. The molecule has 1 heterocycles. The maximum absolute atomic E-state index is 13.2. The van der Waals surface area contributed by atoms with Crippen molar-refractivity contribution in [3.05, 3.63) is 35.1 Å².